The Morgan fingerprint density at radius 3 is 2.63 bits per heavy atom. The number of ether oxygens (including phenoxy) is 2. The molecule has 0 spiro atoms. The van der Waals surface area contributed by atoms with E-state index in [1.54, 1.807) is 36.4 Å². The van der Waals surface area contributed by atoms with Crippen LogP contribution in [0.1, 0.15) is 35.6 Å². The van der Waals surface area contributed by atoms with Crippen molar-refractivity contribution in [2.24, 2.45) is 5.92 Å². The molecule has 1 saturated heterocycles. The van der Waals surface area contributed by atoms with Gasteiger partial charge in [-0.05, 0) is 85.0 Å². The number of aromatic hydroxyl groups is 2. The van der Waals surface area contributed by atoms with Crippen LogP contribution in [0.5, 0.6) is 23.0 Å². The fourth-order valence-corrected chi connectivity index (χ4v) is 4.89. The predicted octanol–water partition coefficient (Wildman–Crippen LogP) is 5.83. The Hall–Kier alpha value is -3.51. The largest absolute Gasteiger partial charge is 0.508 e. The molecule has 2 atom stereocenters. The number of likely N-dealkylation sites (tertiary alicyclic amines) is 1. The van der Waals surface area contributed by atoms with Gasteiger partial charge in [0.25, 0.3) is 0 Å². The standard InChI is InChI=1S/C29H30FNO4/c30-12-10-20-11-13-31(19-20)14-15-34-26-7-4-21(5-8-26)29-27(22-2-1-3-24(32)16-22)18-23-17-25(33)6-9-28(23)35-29/h1-9,16-18,20,29,32-33H,10-15,19H2/t20-,29?/m1/s1. The number of phenols is 2. The summed E-state index contributed by atoms with van der Waals surface area (Å²) in [4.78, 5) is 2.34. The zero-order valence-corrected chi connectivity index (χ0v) is 19.6. The zero-order valence-electron chi connectivity index (χ0n) is 19.6. The fraction of sp³-hybridized carbons (Fsp3) is 0.310. The Bertz CT molecular complexity index is 1190. The van der Waals surface area contributed by atoms with Crippen LogP contribution in [0.25, 0.3) is 11.6 Å². The van der Waals surface area contributed by atoms with Crippen molar-refractivity contribution in [3.05, 3.63) is 83.4 Å². The molecule has 0 bridgehead atoms. The molecule has 1 fully saturated rings. The van der Waals surface area contributed by atoms with Crippen LogP contribution in [0.4, 0.5) is 4.39 Å². The van der Waals surface area contributed by atoms with Crippen LogP contribution in [-0.2, 0) is 0 Å². The van der Waals surface area contributed by atoms with Crippen LogP contribution < -0.4 is 9.47 Å². The second-order valence-corrected chi connectivity index (χ2v) is 9.22. The molecule has 5 rings (SSSR count). The summed E-state index contributed by atoms with van der Waals surface area (Å²) in [5.74, 6) is 2.30. The van der Waals surface area contributed by atoms with Gasteiger partial charge in [-0.25, -0.2) is 0 Å². The van der Waals surface area contributed by atoms with E-state index in [-0.39, 0.29) is 24.3 Å². The maximum atomic E-state index is 12.6. The Kier molecular flexibility index (Phi) is 6.91. The van der Waals surface area contributed by atoms with Gasteiger partial charge < -0.3 is 19.7 Å². The van der Waals surface area contributed by atoms with E-state index in [4.69, 9.17) is 9.47 Å². The molecular weight excluding hydrogens is 445 g/mol. The van der Waals surface area contributed by atoms with Crippen molar-refractivity contribution < 1.29 is 24.1 Å². The van der Waals surface area contributed by atoms with Crippen LogP contribution in [0.3, 0.4) is 0 Å². The van der Waals surface area contributed by atoms with Gasteiger partial charge in [-0.1, -0.05) is 24.3 Å². The van der Waals surface area contributed by atoms with Crippen molar-refractivity contribution in [2.45, 2.75) is 18.9 Å². The van der Waals surface area contributed by atoms with Gasteiger partial charge in [-0.2, -0.15) is 0 Å². The summed E-state index contributed by atoms with van der Waals surface area (Å²) in [7, 11) is 0. The first-order valence-corrected chi connectivity index (χ1v) is 12.1. The highest BCUT2D eigenvalue weighted by Gasteiger charge is 2.26. The van der Waals surface area contributed by atoms with Crippen LogP contribution in [0.15, 0.2) is 66.7 Å². The molecule has 3 aromatic rings. The van der Waals surface area contributed by atoms with Crippen LogP contribution in [-0.4, -0.2) is 48.0 Å². The average Bonchev–Trinajstić information content (AvgIpc) is 3.31. The van der Waals surface area contributed by atoms with Crippen molar-refractivity contribution >= 4 is 11.6 Å². The Balaban J connectivity index is 1.30. The van der Waals surface area contributed by atoms with E-state index in [1.165, 1.54) is 0 Å². The fourth-order valence-electron chi connectivity index (χ4n) is 4.89. The quantitative estimate of drug-likeness (QED) is 0.429. The van der Waals surface area contributed by atoms with Crippen molar-refractivity contribution in [3.8, 4) is 23.0 Å². The predicted molar refractivity (Wildman–Crippen MR) is 135 cm³/mol. The van der Waals surface area contributed by atoms with E-state index >= 15 is 0 Å². The van der Waals surface area contributed by atoms with Gasteiger partial charge in [0.15, 0.2) is 0 Å². The van der Waals surface area contributed by atoms with E-state index in [9.17, 15) is 14.6 Å². The number of phenolic OH excluding ortho intramolecular Hbond substituents is 2. The van der Waals surface area contributed by atoms with Crippen molar-refractivity contribution in [1.29, 1.82) is 0 Å². The molecule has 2 heterocycles. The minimum absolute atomic E-state index is 0.172. The number of hydrogen-bond acceptors (Lipinski definition) is 5. The molecule has 2 aliphatic rings. The number of alkyl halides is 1. The van der Waals surface area contributed by atoms with Gasteiger partial charge >= 0.3 is 0 Å². The third kappa shape index (κ3) is 5.43. The molecule has 35 heavy (non-hydrogen) atoms. The van der Waals surface area contributed by atoms with Crippen LogP contribution in [0, 0.1) is 5.92 Å². The number of fused-ring (bicyclic) bond motifs is 1. The lowest BCUT2D eigenvalue weighted by molar-refractivity contribution is 0.230. The molecule has 3 aromatic carbocycles. The lowest BCUT2D eigenvalue weighted by Gasteiger charge is -2.28. The lowest BCUT2D eigenvalue weighted by atomic mass is 9.91. The van der Waals surface area contributed by atoms with E-state index in [0.29, 0.717) is 24.7 Å². The van der Waals surface area contributed by atoms with Crippen molar-refractivity contribution in [1.82, 2.24) is 4.90 Å². The maximum Gasteiger partial charge on any atom is 0.149 e. The second-order valence-electron chi connectivity index (χ2n) is 9.22. The van der Waals surface area contributed by atoms with E-state index < -0.39 is 0 Å². The molecule has 0 amide bonds. The third-order valence-corrected chi connectivity index (χ3v) is 6.76. The van der Waals surface area contributed by atoms with Crippen LogP contribution >= 0.6 is 0 Å². The molecule has 2 aliphatic heterocycles. The van der Waals surface area contributed by atoms with Gasteiger partial charge in [-0.15, -0.1) is 0 Å². The van der Waals surface area contributed by atoms with Gasteiger partial charge in [-0.3, -0.25) is 9.29 Å². The number of benzene rings is 3. The number of hydrogen-bond donors (Lipinski definition) is 2. The summed E-state index contributed by atoms with van der Waals surface area (Å²) >= 11 is 0. The molecular formula is C29H30FNO4. The van der Waals surface area contributed by atoms with Gasteiger partial charge in [0, 0.05) is 24.2 Å². The third-order valence-electron chi connectivity index (χ3n) is 6.76. The van der Waals surface area contributed by atoms with Crippen molar-refractivity contribution in [2.75, 3.05) is 32.9 Å². The maximum absolute atomic E-state index is 12.6. The van der Waals surface area contributed by atoms with E-state index in [1.807, 2.05) is 36.4 Å². The van der Waals surface area contributed by atoms with Gasteiger partial charge in [0.1, 0.15) is 35.7 Å². The molecule has 0 aliphatic carbocycles. The summed E-state index contributed by atoms with van der Waals surface area (Å²) in [5, 5.41) is 20.0. The molecule has 0 aromatic heterocycles. The topological polar surface area (TPSA) is 62.2 Å². The van der Waals surface area contributed by atoms with Gasteiger partial charge in [0.05, 0.1) is 6.67 Å². The Morgan fingerprint density at radius 1 is 1.00 bits per heavy atom. The van der Waals surface area contributed by atoms with Crippen LogP contribution in [0.2, 0.25) is 0 Å². The highest BCUT2D eigenvalue weighted by atomic mass is 19.1. The SMILES string of the molecule is Oc1cccc(C2=Cc3cc(O)ccc3OC2c2ccc(OCCN3CC[C@@H](CCF)C3)cc2)c1. The number of halogens is 1. The minimum atomic E-state index is -0.375. The Morgan fingerprint density at radius 2 is 1.83 bits per heavy atom. The highest BCUT2D eigenvalue weighted by Crippen LogP contribution is 2.43. The first-order chi connectivity index (χ1) is 17.1. The zero-order chi connectivity index (χ0) is 24.2. The van der Waals surface area contributed by atoms with Gasteiger partial charge in [0.2, 0.25) is 0 Å². The molecule has 0 radical (unpaired) electrons. The summed E-state index contributed by atoms with van der Waals surface area (Å²) in [6.07, 6.45) is 3.35. The molecule has 6 heteroatoms. The summed E-state index contributed by atoms with van der Waals surface area (Å²) in [5.41, 5.74) is 3.49. The summed E-state index contributed by atoms with van der Waals surface area (Å²) in [6, 6.07) is 20.0. The molecule has 2 N–H and O–H groups in total. The second kappa shape index (κ2) is 10.4. The lowest BCUT2D eigenvalue weighted by Crippen LogP contribution is -2.26. The first kappa shape index (κ1) is 23.2. The smallest absolute Gasteiger partial charge is 0.149 e. The minimum Gasteiger partial charge on any atom is -0.508 e. The summed E-state index contributed by atoms with van der Waals surface area (Å²) < 4.78 is 24.9. The first-order valence-electron chi connectivity index (χ1n) is 12.1. The molecule has 1 unspecified atom stereocenters. The highest BCUT2D eigenvalue weighted by molar-refractivity contribution is 5.88. The normalized spacial score (nSPS) is 19.6. The number of rotatable bonds is 8. The average molecular weight is 476 g/mol. The van der Waals surface area contributed by atoms with E-state index in [2.05, 4.69) is 4.90 Å². The Labute approximate surface area is 205 Å². The number of nitrogens with zero attached hydrogens (tertiary/aromatic N) is 1. The molecule has 182 valence electrons. The summed E-state index contributed by atoms with van der Waals surface area (Å²) in [6.45, 7) is 3.16. The van der Waals surface area contributed by atoms with Crippen molar-refractivity contribution in [3.63, 3.8) is 0 Å². The van der Waals surface area contributed by atoms with E-state index in [0.717, 1.165) is 54.1 Å². The molecule has 0 saturated carbocycles. The molecule has 5 nitrogen and oxygen atoms in total. The monoisotopic (exact) mass is 475 g/mol.